The number of rotatable bonds is 6. The van der Waals surface area contributed by atoms with E-state index in [2.05, 4.69) is 20.8 Å². The number of aryl methyl sites for hydroxylation is 1. The summed E-state index contributed by atoms with van der Waals surface area (Å²) in [6.45, 7) is 7.33. The molecule has 1 aromatic rings. The molecule has 2 atom stereocenters. The second-order valence-corrected chi connectivity index (χ2v) is 6.27. The van der Waals surface area contributed by atoms with Gasteiger partial charge in [0, 0.05) is 5.92 Å². The van der Waals surface area contributed by atoms with Crippen molar-refractivity contribution in [3.05, 3.63) is 11.7 Å². The van der Waals surface area contributed by atoms with Crippen LogP contribution in [0.2, 0.25) is 0 Å². The lowest BCUT2D eigenvalue weighted by molar-refractivity contribution is -0.132. The second kappa shape index (κ2) is 6.89. The Balaban J connectivity index is 1.93. The van der Waals surface area contributed by atoms with Crippen LogP contribution in [0.1, 0.15) is 57.8 Å². The third-order valence-electron chi connectivity index (χ3n) is 4.00. The van der Waals surface area contributed by atoms with Crippen molar-refractivity contribution in [2.45, 2.75) is 59.0 Å². The van der Waals surface area contributed by atoms with Gasteiger partial charge in [-0.05, 0) is 32.6 Å². The Morgan fingerprint density at radius 3 is 2.36 bits per heavy atom. The molecule has 1 aromatic heterocycles. The molecular weight excluding hydrogens is 284 g/mol. The van der Waals surface area contributed by atoms with E-state index in [0.29, 0.717) is 11.7 Å². The van der Waals surface area contributed by atoms with Crippen molar-refractivity contribution in [3.8, 4) is 0 Å². The van der Waals surface area contributed by atoms with Crippen LogP contribution in [-0.2, 0) is 9.59 Å². The van der Waals surface area contributed by atoms with E-state index in [9.17, 15) is 9.59 Å². The van der Waals surface area contributed by atoms with E-state index < -0.39 is 6.04 Å². The predicted molar refractivity (Wildman–Crippen MR) is 79.7 cm³/mol. The van der Waals surface area contributed by atoms with E-state index in [0.717, 1.165) is 19.3 Å². The van der Waals surface area contributed by atoms with Gasteiger partial charge in [-0.1, -0.05) is 25.4 Å². The highest BCUT2D eigenvalue weighted by Gasteiger charge is 2.30. The van der Waals surface area contributed by atoms with Gasteiger partial charge >= 0.3 is 0 Å². The highest BCUT2D eigenvalue weighted by Crippen LogP contribution is 2.26. The topological polar surface area (TPSA) is 97.1 Å². The monoisotopic (exact) mass is 308 g/mol. The zero-order valence-electron chi connectivity index (χ0n) is 13.5. The zero-order chi connectivity index (χ0) is 16.3. The summed E-state index contributed by atoms with van der Waals surface area (Å²) in [4.78, 5) is 28.4. The summed E-state index contributed by atoms with van der Waals surface area (Å²) < 4.78 is 5.15. The fourth-order valence-corrected chi connectivity index (χ4v) is 2.30. The molecule has 0 radical (unpaired) electrons. The van der Waals surface area contributed by atoms with Crippen molar-refractivity contribution in [1.82, 2.24) is 20.8 Å². The number of hydrogen-bond acceptors (Lipinski definition) is 5. The number of carbonyl (C=O) groups is 2. The zero-order valence-corrected chi connectivity index (χ0v) is 13.5. The Bertz CT molecular complexity index is 537. The minimum Gasteiger partial charge on any atom is -0.344 e. The molecule has 2 rings (SSSR count). The Hall–Kier alpha value is -1.92. The highest BCUT2D eigenvalue weighted by molar-refractivity contribution is 5.88. The molecule has 2 unspecified atom stereocenters. The van der Waals surface area contributed by atoms with Gasteiger partial charge in [0.1, 0.15) is 12.1 Å². The lowest BCUT2D eigenvalue weighted by Gasteiger charge is -2.26. The molecule has 122 valence electrons. The molecule has 0 aliphatic heterocycles. The van der Waals surface area contributed by atoms with Crippen LogP contribution < -0.4 is 10.6 Å². The molecule has 7 heteroatoms. The van der Waals surface area contributed by atoms with Gasteiger partial charge in [-0.2, -0.15) is 4.98 Å². The number of nitrogens with one attached hydrogen (secondary N) is 2. The molecular formula is C15H24N4O3. The maximum absolute atomic E-state index is 12.3. The van der Waals surface area contributed by atoms with E-state index in [4.69, 9.17) is 4.52 Å². The van der Waals surface area contributed by atoms with Crippen LogP contribution in [0, 0.1) is 18.8 Å². The molecule has 2 amide bonds. The summed E-state index contributed by atoms with van der Waals surface area (Å²) in [5.41, 5.74) is 0. The Morgan fingerprint density at radius 1 is 1.23 bits per heavy atom. The largest absolute Gasteiger partial charge is 0.344 e. The first-order valence-electron chi connectivity index (χ1n) is 7.79. The first-order chi connectivity index (χ1) is 10.4. The van der Waals surface area contributed by atoms with Gasteiger partial charge in [-0.25, -0.2) is 0 Å². The van der Waals surface area contributed by atoms with Gasteiger partial charge in [-0.3, -0.25) is 9.59 Å². The number of carbonyl (C=O) groups excluding carboxylic acids is 2. The first kappa shape index (κ1) is 16.5. The molecule has 0 saturated heterocycles. The fraction of sp³-hybridized carbons (Fsp3) is 0.733. The summed E-state index contributed by atoms with van der Waals surface area (Å²) in [5, 5.41) is 9.40. The van der Waals surface area contributed by atoms with Gasteiger partial charge in [0.15, 0.2) is 5.82 Å². The standard InChI is InChI=1S/C15H24N4O3/c1-8(2)12(15-17-10(4)19-22-15)18-13(20)9(3)16-14(21)11-6-5-7-11/h8-9,11-12H,5-7H2,1-4H3,(H,16,21)(H,18,20). The van der Waals surface area contributed by atoms with E-state index in [1.54, 1.807) is 13.8 Å². The minimum atomic E-state index is -0.585. The van der Waals surface area contributed by atoms with E-state index in [1.165, 1.54) is 0 Å². The number of nitrogens with zero attached hydrogens (tertiary/aromatic N) is 2. The molecule has 1 saturated carbocycles. The van der Waals surface area contributed by atoms with Crippen LogP contribution in [0.4, 0.5) is 0 Å². The minimum absolute atomic E-state index is 0.0383. The van der Waals surface area contributed by atoms with E-state index in [1.807, 2.05) is 13.8 Å². The molecule has 1 aliphatic carbocycles. The van der Waals surface area contributed by atoms with Crippen LogP contribution in [-0.4, -0.2) is 28.0 Å². The molecule has 0 aromatic carbocycles. The number of aromatic nitrogens is 2. The third-order valence-corrected chi connectivity index (χ3v) is 4.00. The Labute approximate surface area is 130 Å². The van der Waals surface area contributed by atoms with Crippen LogP contribution in [0.15, 0.2) is 4.52 Å². The van der Waals surface area contributed by atoms with Gasteiger partial charge in [0.2, 0.25) is 17.7 Å². The number of amides is 2. The Morgan fingerprint density at radius 2 is 1.91 bits per heavy atom. The molecule has 1 fully saturated rings. The summed E-state index contributed by atoms with van der Waals surface area (Å²) in [7, 11) is 0. The third kappa shape index (κ3) is 3.84. The lowest BCUT2D eigenvalue weighted by Crippen LogP contribution is -2.49. The predicted octanol–water partition coefficient (Wildman–Crippen LogP) is 1.50. The van der Waals surface area contributed by atoms with E-state index >= 15 is 0 Å². The lowest BCUT2D eigenvalue weighted by atomic mass is 9.84. The first-order valence-corrected chi connectivity index (χ1v) is 7.79. The molecule has 0 bridgehead atoms. The molecule has 0 spiro atoms. The maximum Gasteiger partial charge on any atom is 0.249 e. The van der Waals surface area contributed by atoms with Gasteiger partial charge in [-0.15, -0.1) is 0 Å². The van der Waals surface area contributed by atoms with Crippen molar-refractivity contribution >= 4 is 11.8 Å². The van der Waals surface area contributed by atoms with Crippen LogP contribution in [0.5, 0.6) is 0 Å². The van der Waals surface area contributed by atoms with E-state index in [-0.39, 0.29) is 29.7 Å². The highest BCUT2D eigenvalue weighted by atomic mass is 16.5. The quantitative estimate of drug-likeness (QED) is 0.830. The smallest absolute Gasteiger partial charge is 0.249 e. The summed E-state index contributed by atoms with van der Waals surface area (Å²) in [6, 6.07) is -0.949. The van der Waals surface area contributed by atoms with Crippen molar-refractivity contribution in [1.29, 1.82) is 0 Å². The maximum atomic E-state index is 12.3. The molecule has 22 heavy (non-hydrogen) atoms. The molecule has 1 aliphatic rings. The van der Waals surface area contributed by atoms with Gasteiger partial charge in [0.05, 0.1) is 0 Å². The van der Waals surface area contributed by atoms with Gasteiger partial charge in [0.25, 0.3) is 0 Å². The van der Waals surface area contributed by atoms with Crippen molar-refractivity contribution in [2.75, 3.05) is 0 Å². The fourth-order valence-electron chi connectivity index (χ4n) is 2.30. The Kier molecular flexibility index (Phi) is 5.15. The van der Waals surface area contributed by atoms with Crippen molar-refractivity contribution in [2.24, 2.45) is 11.8 Å². The van der Waals surface area contributed by atoms with Crippen LogP contribution in [0.3, 0.4) is 0 Å². The summed E-state index contributed by atoms with van der Waals surface area (Å²) >= 11 is 0. The molecule has 1 heterocycles. The second-order valence-electron chi connectivity index (χ2n) is 6.27. The van der Waals surface area contributed by atoms with Crippen molar-refractivity contribution < 1.29 is 14.1 Å². The van der Waals surface area contributed by atoms with Crippen LogP contribution >= 0.6 is 0 Å². The van der Waals surface area contributed by atoms with Crippen molar-refractivity contribution in [3.63, 3.8) is 0 Å². The van der Waals surface area contributed by atoms with Gasteiger partial charge < -0.3 is 15.2 Å². The molecule has 2 N–H and O–H groups in total. The van der Waals surface area contributed by atoms with Crippen LogP contribution in [0.25, 0.3) is 0 Å². The average Bonchev–Trinajstić information content (AvgIpc) is 2.79. The normalized spacial score (nSPS) is 17.7. The molecule has 7 nitrogen and oxygen atoms in total. The number of hydrogen-bond donors (Lipinski definition) is 2. The summed E-state index contributed by atoms with van der Waals surface area (Å²) in [6.07, 6.45) is 2.91. The SMILES string of the molecule is Cc1noc(C(NC(=O)C(C)NC(=O)C2CCC2)C(C)C)n1. The summed E-state index contributed by atoms with van der Waals surface area (Å²) in [5.74, 6) is 0.790. The average molecular weight is 308 g/mol.